The predicted molar refractivity (Wildman–Crippen MR) is 79.4 cm³/mol. The molecule has 2 aromatic rings. The Kier molecular flexibility index (Phi) is 3.30. The number of nitrogens with zero attached hydrogens (tertiary/aromatic N) is 1. The minimum atomic E-state index is 0.304. The minimum absolute atomic E-state index is 0.304. The number of benzene rings is 1. The van der Waals surface area contributed by atoms with E-state index in [9.17, 15) is 0 Å². The highest BCUT2D eigenvalue weighted by Gasteiger charge is 2.20. The Balaban J connectivity index is 1.85. The van der Waals surface area contributed by atoms with Crippen molar-refractivity contribution < 1.29 is 0 Å². The fourth-order valence-electron chi connectivity index (χ4n) is 2.62. The van der Waals surface area contributed by atoms with E-state index < -0.39 is 0 Å². The smallest absolute Gasteiger partial charge is 0.126 e. The van der Waals surface area contributed by atoms with Crippen LogP contribution >= 0.6 is 11.6 Å². The van der Waals surface area contributed by atoms with Crippen molar-refractivity contribution in [2.75, 3.05) is 11.1 Å². The highest BCUT2D eigenvalue weighted by atomic mass is 35.5. The van der Waals surface area contributed by atoms with Gasteiger partial charge in [0.2, 0.25) is 0 Å². The Hall–Kier alpha value is -1.74. The molecule has 0 aliphatic heterocycles. The molecular formula is C15H16ClN3. The van der Waals surface area contributed by atoms with E-state index in [0.29, 0.717) is 11.1 Å². The number of nitrogens with one attached hydrogen (secondary N) is 1. The van der Waals surface area contributed by atoms with Crippen LogP contribution in [0.25, 0.3) is 0 Å². The molecule has 4 heteroatoms. The third-order valence-corrected chi connectivity index (χ3v) is 3.75. The zero-order valence-electron chi connectivity index (χ0n) is 10.6. The van der Waals surface area contributed by atoms with Crippen LogP contribution in [0.2, 0.25) is 5.02 Å². The highest BCUT2D eigenvalue weighted by Crippen LogP contribution is 2.33. The van der Waals surface area contributed by atoms with E-state index in [4.69, 9.17) is 17.3 Å². The van der Waals surface area contributed by atoms with Gasteiger partial charge in [0.25, 0.3) is 0 Å². The average molecular weight is 274 g/mol. The second kappa shape index (κ2) is 5.10. The van der Waals surface area contributed by atoms with Crippen LogP contribution in [0.15, 0.2) is 36.5 Å². The molecule has 0 radical (unpaired) electrons. The van der Waals surface area contributed by atoms with Crippen molar-refractivity contribution in [1.82, 2.24) is 4.98 Å². The van der Waals surface area contributed by atoms with Gasteiger partial charge in [-0.15, -0.1) is 0 Å². The number of halogens is 1. The van der Waals surface area contributed by atoms with Gasteiger partial charge in [-0.2, -0.15) is 0 Å². The Morgan fingerprint density at radius 1 is 1.26 bits per heavy atom. The second-order valence-corrected chi connectivity index (χ2v) is 5.35. The van der Waals surface area contributed by atoms with Crippen LogP contribution < -0.4 is 11.1 Å². The van der Waals surface area contributed by atoms with E-state index in [1.165, 1.54) is 17.5 Å². The van der Waals surface area contributed by atoms with Crippen LogP contribution in [0.3, 0.4) is 0 Å². The standard InChI is InChI=1S/C15H16ClN3/c16-11-4-7-15(18-9-11)19-14-3-1-2-10-8-12(17)5-6-13(10)14/h4-9,14H,1-3,17H2,(H,18,19). The number of anilines is 2. The number of fused-ring (bicyclic) bond motifs is 1. The van der Waals surface area contributed by atoms with E-state index in [2.05, 4.69) is 22.4 Å². The lowest BCUT2D eigenvalue weighted by Crippen LogP contribution is -2.18. The Morgan fingerprint density at radius 3 is 2.95 bits per heavy atom. The number of hydrogen-bond acceptors (Lipinski definition) is 3. The number of rotatable bonds is 2. The summed E-state index contributed by atoms with van der Waals surface area (Å²) in [5.74, 6) is 0.860. The van der Waals surface area contributed by atoms with Crippen LogP contribution in [0.5, 0.6) is 0 Å². The molecule has 1 aliphatic rings. The largest absolute Gasteiger partial charge is 0.399 e. The van der Waals surface area contributed by atoms with E-state index >= 15 is 0 Å². The fourth-order valence-corrected chi connectivity index (χ4v) is 2.74. The fraction of sp³-hybridized carbons (Fsp3) is 0.267. The van der Waals surface area contributed by atoms with Crippen LogP contribution in [0, 0.1) is 0 Å². The van der Waals surface area contributed by atoms with E-state index in [-0.39, 0.29) is 0 Å². The van der Waals surface area contributed by atoms with Crippen molar-refractivity contribution in [3.05, 3.63) is 52.7 Å². The first-order chi connectivity index (χ1) is 9.22. The summed E-state index contributed by atoms with van der Waals surface area (Å²) in [5, 5.41) is 4.13. The van der Waals surface area contributed by atoms with E-state index in [0.717, 1.165) is 24.3 Å². The van der Waals surface area contributed by atoms with Gasteiger partial charge in [0.1, 0.15) is 5.82 Å². The molecule has 1 aromatic heterocycles. The Morgan fingerprint density at radius 2 is 2.16 bits per heavy atom. The van der Waals surface area contributed by atoms with Crippen molar-refractivity contribution in [3.63, 3.8) is 0 Å². The summed E-state index contributed by atoms with van der Waals surface area (Å²) in [5.41, 5.74) is 9.36. The minimum Gasteiger partial charge on any atom is -0.399 e. The van der Waals surface area contributed by atoms with Crippen molar-refractivity contribution in [1.29, 1.82) is 0 Å². The summed E-state index contributed by atoms with van der Waals surface area (Å²) in [7, 11) is 0. The summed E-state index contributed by atoms with van der Waals surface area (Å²) >= 11 is 5.85. The summed E-state index contributed by atoms with van der Waals surface area (Å²) in [4.78, 5) is 4.30. The van der Waals surface area contributed by atoms with Crippen LogP contribution in [-0.2, 0) is 6.42 Å². The van der Waals surface area contributed by atoms with E-state index in [1.807, 2.05) is 18.2 Å². The number of nitrogen functional groups attached to an aromatic ring is 1. The van der Waals surface area contributed by atoms with Gasteiger partial charge in [0.15, 0.2) is 0 Å². The monoisotopic (exact) mass is 273 g/mol. The molecule has 98 valence electrons. The molecule has 1 aromatic carbocycles. The summed E-state index contributed by atoms with van der Waals surface area (Å²) in [6.45, 7) is 0. The summed E-state index contributed by atoms with van der Waals surface area (Å²) in [6.07, 6.45) is 5.05. The average Bonchev–Trinajstić information content (AvgIpc) is 2.41. The third-order valence-electron chi connectivity index (χ3n) is 3.53. The number of pyridine rings is 1. The van der Waals surface area contributed by atoms with E-state index in [1.54, 1.807) is 6.20 Å². The van der Waals surface area contributed by atoms with Gasteiger partial charge in [-0.3, -0.25) is 0 Å². The molecule has 19 heavy (non-hydrogen) atoms. The molecule has 0 saturated carbocycles. The number of aromatic nitrogens is 1. The predicted octanol–water partition coefficient (Wildman–Crippen LogP) is 3.81. The maximum Gasteiger partial charge on any atom is 0.126 e. The topological polar surface area (TPSA) is 50.9 Å². The van der Waals surface area contributed by atoms with Gasteiger partial charge in [0.05, 0.1) is 11.1 Å². The van der Waals surface area contributed by atoms with Gasteiger partial charge in [-0.25, -0.2) is 4.98 Å². The number of aryl methyl sites for hydroxylation is 1. The number of hydrogen-bond donors (Lipinski definition) is 2. The van der Waals surface area contributed by atoms with Gasteiger partial charge in [-0.1, -0.05) is 17.7 Å². The second-order valence-electron chi connectivity index (χ2n) is 4.91. The van der Waals surface area contributed by atoms with Crippen LogP contribution in [0.1, 0.15) is 30.0 Å². The molecule has 0 amide bonds. The maximum atomic E-state index is 5.85. The maximum absolute atomic E-state index is 5.85. The lowest BCUT2D eigenvalue weighted by molar-refractivity contribution is 0.599. The number of nitrogens with two attached hydrogens (primary N) is 1. The lowest BCUT2D eigenvalue weighted by atomic mass is 9.87. The van der Waals surface area contributed by atoms with Crippen LogP contribution in [-0.4, -0.2) is 4.98 Å². The van der Waals surface area contributed by atoms with Gasteiger partial charge in [0, 0.05) is 11.9 Å². The molecule has 3 N–H and O–H groups in total. The zero-order chi connectivity index (χ0) is 13.2. The van der Waals surface area contributed by atoms with Crippen molar-refractivity contribution >= 4 is 23.1 Å². The van der Waals surface area contributed by atoms with Crippen molar-refractivity contribution in [2.45, 2.75) is 25.3 Å². The SMILES string of the molecule is Nc1ccc2c(c1)CCCC2Nc1ccc(Cl)cn1. The first-order valence-corrected chi connectivity index (χ1v) is 6.86. The molecule has 1 heterocycles. The quantitative estimate of drug-likeness (QED) is 0.818. The molecular weight excluding hydrogens is 258 g/mol. The molecule has 1 atom stereocenters. The molecule has 0 bridgehead atoms. The van der Waals surface area contributed by atoms with Gasteiger partial charge < -0.3 is 11.1 Å². The lowest BCUT2D eigenvalue weighted by Gasteiger charge is -2.27. The molecule has 1 unspecified atom stereocenters. The van der Waals surface area contributed by atoms with Gasteiger partial charge in [-0.05, 0) is 54.7 Å². The van der Waals surface area contributed by atoms with Gasteiger partial charge >= 0.3 is 0 Å². The first kappa shape index (κ1) is 12.3. The molecule has 3 rings (SSSR count). The zero-order valence-corrected chi connectivity index (χ0v) is 11.3. The van der Waals surface area contributed by atoms with Crippen LogP contribution in [0.4, 0.5) is 11.5 Å². The van der Waals surface area contributed by atoms with Crippen molar-refractivity contribution in [2.24, 2.45) is 0 Å². The molecule has 3 nitrogen and oxygen atoms in total. The molecule has 1 aliphatic carbocycles. The normalized spacial score (nSPS) is 17.8. The molecule has 0 spiro atoms. The Bertz CT molecular complexity index is 580. The highest BCUT2D eigenvalue weighted by molar-refractivity contribution is 6.30. The Labute approximate surface area is 117 Å². The van der Waals surface area contributed by atoms with Crippen molar-refractivity contribution in [3.8, 4) is 0 Å². The summed E-state index contributed by atoms with van der Waals surface area (Å²) in [6, 6.07) is 10.2. The molecule has 0 saturated heterocycles. The summed E-state index contributed by atoms with van der Waals surface area (Å²) < 4.78 is 0. The molecule has 0 fully saturated rings. The first-order valence-electron chi connectivity index (χ1n) is 6.49. The third kappa shape index (κ3) is 2.66.